The zero-order valence-electron chi connectivity index (χ0n) is 11.5. The molecule has 1 fully saturated rings. The van der Waals surface area contributed by atoms with Crippen molar-refractivity contribution in [3.63, 3.8) is 0 Å². The highest BCUT2D eigenvalue weighted by Crippen LogP contribution is 2.31. The number of nitrogen functional groups attached to an aromatic ring is 1. The van der Waals surface area contributed by atoms with E-state index in [0.29, 0.717) is 37.3 Å². The predicted octanol–water partition coefficient (Wildman–Crippen LogP) is 0.920. The molecule has 0 aromatic carbocycles. The quantitative estimate of drug-likeness (QED) is 0.856. The van der Waals surface area contributed by atoms with Crippen molar-refractivity contribution in [2.75, 3.05) is 18.8 Å². The van der Waals surface area contributed by atoms with Crippen molar-refractivity contribution in [3.05, 3.63) is 24.0 Å². The summed E-state index contributed by atoms with van der Waals surface area (Å²) in [6.07, 6.45) is 2.73. The lowest BCUT2D eigenvalue weighted by Gasteiger charge is -2.36. The molecule has 1 aromatic rings. The minimum atomic E-state index is -0.787. The number of carboxylic acids is 1. The van der Waals surface area contributed by atoms with Gasteiger partial charge in [-0.05, 0) is 31.9 Å². The smallest absolute Gasteiger partial charge is 0.309 e. The van der Waals surface area contributed by atoms with Crippen LogP contribution in [0.4, 0.5) is 5.69 Å². The molecule has 0 spiro atoms. The Hall–Kier alpha value is -2.11. The van der Waals surface area contributed by atoms with Crippen LogP contribution >= 0.6 is 0 Å². The lowest BCUT2D eigenvalue weighted by molar-refractivity contribution is -0.152. The number of piperidine rings is 1. The molecule has 0 radical (unpaired) electrons. The van der Waals surface area contributed by atoms with Crippen molar-refractivity contribution in [1.82, 2.24) is 9.88 Å². The standard InChI is InChI=1S/C14H19N3O3/c1-14(13(19)20)4-6-17(7-5-14)12(18)8-11-3-2-10(15)9-16-11/h2-3,9H,4-8,15H2,1H3,(H,19,20). The molecule has 1 aromatic heterocycles. The molecule has 0 atom stereocenters. The number of amides is 1. The van der Waals surface area contributed by atoms with Crippen LogP contribution < -0.4 is 5.73 Å². The van der Waals surface area contributed by atoms with Gasteiger partial charge in [-0.3, -0.25) is 14.6 Å². The number of hydrogen-bond donors (Lipinski definition) is 2. The summed E-state index contributed by atoms with van der Waals surface area (Å²) in [5.41, 5.74) is 6.08. The van der Waals surface area contributed by atoms with Crippen LogP contribution in [0, 0.1) is 5.41 Å². The Bertz CT molecular complexity index is 505. The van der Waals surface area contributed by atoms with Crippen molar-refractivity contribution in [2.45, 2.75) is 26.2 Å². The predicted molar refractivity (Wildman–Crippen MR) is 73.9 cm³/mol. The highest BCUT2D eigenvalue weighted by Gasteiger charge is 2.37. The number of carbonyl (C=O) groups is 2. The minimum absolute atomic E-state index is 0.0188. The van der Waals surface area contributed by atoms with E-state index in [2.05, 4.69) is 4.98 Å². The van der Waals surface area contributed by atoms with E-state index in [1.54, 1.807) is 24.0 Å². The number of carboxylic acid groups (broad SMARTS) is 1. The molecule has 6 heteroatoms. The maximum atomic E-state index is 12.1. The molecule has 1 aliphatic heterocycles. The number of pyridine rings is 1. The molecular formula is C14H19N3O3. The summed E-state index contributed by atoms with van der Waals surface area (Å²) in [6, 6.07) is 3.45. The molecule has 0 unspecified atom stereocenters. The number of nitrogens with zero attached hydrogens (tertiary/aromatic N) is 2. The molecule has 0 aliphatic carbocycles. The van der Waals surface area contributed by atoms with E-state index in [1.807, 2.05) is 0 Å². The normalized spacial score (nSPS) is 17.8. The van der Waals surface area contributed by atoms with Gasteiger partial charge in [0.05, 0.1) is 23.7 Å². The Kier molecular flexibility index (Phi) is 3.92. The van der Waals surface area contributed by atoms with Gasteiger partial charge in [-0.2, -0.15) is 0 Å². The first-order valence-corrected chi connectivity index (χ1v) is 6.62. The molecule has 108 valence electrons. The third-order valence-corrected chi connectivity index (χ3v) is 3.92. The van der Waals surface area contributed by atoms with Gasteiger partial charge in [0, 0.05) is 18.8 Å². The van der Waals surface area contributed by atoms with Crippen LogP contribution in [0.15, 0.2) is 18.3 Å². The highest BCUT2D eigenvalue weighted by atomic mass is 16.4. The van der Waals surface area contributed by atoms with Gasteiger partial charge in [0.2, 0.25) is 5.91 Å². The van der Waals surface area contributed by atoms with Crippen LogP contribution in [0.25, 0.3) is 0 Å². The van der Waals surface area contributed by atoms with Gasteiger partial charge in [0.15, 0.2) is 0 Å². The van der Waals surface area contributed by atoms with E-state index in [1.165, 1.54) is 6.20 Å². The van der Waals surface area contributed by atoms with Gasteiger partial charge in [-0.1, -0.05) is 0 Å². The maximum Gasteiger partial charge on any atom is 0.309 e. The molecule has 0 saturated carbocycles. The van der Waals surface area contributed by atoms with E-state index >= 15 is 0 Å². The Labute approximate surface area is 117 Å². The molecule has 1 saturated heterocycles. The molecule has 0 bridgehead atoms. The second kappa shape index (κ2) is 5.48. The van der Waals surface area contributed by atoms with Crippen LogP contribution in [0.2, 0.25) is 0 Å². The van der Waals surface area contributed by atoms with Crippen LogP contribution in [0.1, 0.15) is 25.5 Å². The average Bonchev–Trinajstić information content (AvgIpc) is 2.42. The molecule has 6 nitrogen and oxygen atoms in total. The largest absolute Gasteiger partial charge is 0.481 e. The Morgan fingerprint density at radius 3 is 2.55 bits per heavy atom. The average molecular weight is 277 g/mol. The van der Waals surface area contributed by atoms with Gasteiger partial charge in [-0.25, -0.2) is 0 Å². The van der Waals surface area contributed by atoms with Crippen molar-refractivity contribution in [2.24, 2.45) is 5.41 Å². The van der Waals surface area contributed by atoms with E-state index in [0.717, 1.165) is 0 Å². The van der Waals surface area contributed by atoms with E-state index in [-0.39, 0.29) is 12.3 Å². The number of hydrogen-bond acceptors (Lipinski definition) is 4. The fraction of sp³-hybridized carbons (Fsp3) is 0.500. The molecule has 2 rings (SSSR count). The first-order chi connectivity index (χ1) is 9.40. The molecular weight excluding hydrogens is 258 g/mol. The summed E-state index contributed by atoms with van der Waals surface area (Å²) in [7, 11) is 0. The fourth-order valence-corrected chi connectivity index (χ4v) is 2.27. The zero-order valence-corrected chi connectivity index (χ0v) is 11.5. The number of rotatable bonds is 3. The Balaban J connectivity index is 1.92. The third-order valence-electron chi connectivity index (χ3n) is 3.92. The van der Waals surface area contributed by atoms with Crippen LogP contribution in [-0.4, -0.2) is 40.0 Å². The summed E-state index contributed by atoms with van der Waals surface area (Å²) in [4.78, 5) is 29.1. The van der Waals surface area contributed by atoms with Gasteiger partial charge >= 0.3 is 5.97 Å². The fourth-order valence-electron chi connectivity index (χ4n) is 2.27. The zero-order chi connectivity index (χ0) is 14.8. The minimum Gasteiger partial charge on any atom is -0.481 e. The number of carbonyl (C=O) groups excluding carboxylic acids is 1. The van der Waals surface area contributed by atoms with Crippen molar-refractivity contribution in [3.8, 4) is 0 Å². The lowest BCUT2D eigenvalue weighted by atomic mass is 9.80. The summed E-state index contributed by atoms with van der Waals surface area (Å²) >= 11 is 0. The van der Waals surface area contributed by atoms with Crippen LogP contribution in [-0.2, 0) is 16.0 Å². The molecule has 20 heavy (non-hydrogen) atoms. The number of likely N-dealkylation sites (tertiary alicyclic amines) is 1. The second-order valence-corrected chi connectivity index (χ2v) is 5.51. The summed E-state index contributed by atoms with van der Waals surface area (Å²) in [5.74, 6) is -0.806. The topological polar surface area (TPSA) is 96.5 Å². The molecule has 1 amide bonds. The van der Waals surface area contributed by atoms with Crippen molar-refractivity contribution in [1.29, 1.82) is 0 Å². The SMILES string of the molecule is CC1(C(=O)O)CCN(C(=O)Cc2ccc(N)cn2)CC1. The molecule has 2 heterocycles. The van der Waals surface area contributed by atoms with Crippen LogP contribution in [0.3, 0.4) is 0 Å². The Morgan fingerprint density at radius 2 is 2.05 bits per heavy atom. The maximum absolute atomic E-state index is 12.1. The van der Waals surface area contributed by atoms with Gasteiger partial charge in [0.25, 0.3) is 0 Å². The lowest BCUT2D eigenvalue weighted by Crippen LogP contribution is -2.45. The van der Waals surface area contributed by atoms with Gasteiger partial charge < -0.3 is 15.7 Å². The van der Waals surface area contributed by atoms with Gasteiger partial charge in [-0.15, -0.1) is 0 Å². The van der Waals surface area contributed by atoms with E-state index in [9.17, 15) is 9.59 Å². The molecule has 1 aliphatic rings. The molecule has 3 N–H and O–H groups in total. The summed E-state index contributed by atoms with van der Waals surface area (Å²) < 4.78 is 0. The third kappa shape index (κ3) is 3.07. The summed E-state index contributed by atoms with van der Waals surface area (Å²) in [5, 5.41) is 9.16. The number of aromatic nitrogens is 1. The second-order valence-electron chi connectivity index (χ2n) is 5.51. The van der Waals surface area contributed by atoms with Gasteiger partial charge in [0.1, 0.15) is 0 Å². The van der Waals surface area contributed by atoms with Crippen LogP contribution in [0.5, 0.6) is 0 Å². The number of nitrogens with two attached hydrogens (primary N) is 1. The Morgan fingerprint density at radius 1 is 1.40 bits per heavy atom. The number of aliphatic carboxylic acids is 1. The van der Waals surface area contributed by atoms with E-state index in [4.69, 9.17) is 10.8 Å². The first-order valence-electron chi connectivity index (χ1n) is 6.62. The number of anilines is 1. The monoisotopic (exact) mass is 277 g/mol. The van der Waals surface area contributed by atoms with Crippen molar-refractivity contribution < 1.29 is 14.7 Å². The van der Waals surface area contributed by atoms with E-state index < -0.39 is 11.4 Å². The highest BCUT2D eigenvalue weighted by molar-refractivity contribution is 5.79. The summed E-state index contributed by atoms with van der Waals surface area (Å²) in [6.45, 7) is 2.70. The van der Waals surface area contributed by atoms with Crippen molar-refractivity contribution >= 4 is 17.6 Å². The first kappa shape index (κ1) is 14.3.